The fraction of sp³-hybridized carbons (Fsp3) is 0.273. The van der Waals surface area contributed by atoms with Crippen LogP contribution in [0.15, 0.2) is 94.7 Å². The summed E-state index contributed by atoms with van der Waals surface area (Å²) in [5.74, 6) is -1.21. The molecule has 2 heterocycles. The fourth-order valence-corrected chi connectivity index (χ4v) is 6.43. The number of esters is 2. The topological polar surface area (TPSA) is 184 Å². The molecule has 1 aliphatic heterocycles. The molecule has 14 nitrogen and oxygen atoms in total. The maximum Gasteiger partial charge on any atom is 0.459 e. The third-order valence-electron chi connectivity index (χ3n) is 7.42. The molecule has 1 fully saturated rings. The smallest absolute Gasteiger partial charge is 0.459 e. The molecular formula is C33H34N3O11P. The molecule has 1 saturated heterocycles. The lowest BCUT2D eigenvalue weighted by atomic mass is 10.1. The average Bonchev–Trinajstić information content (AvgIpc) is 3.46. The van der Waals surface area contributed by atoms with Crippen LogP contribution in [0, 0.1) is 0 Å². The van der Waals surface area contributed by atoms with Crippen LogP contribution in [-0.2, 0) is 39.5 Å². The van der Waals surface area contributed by atoms with E-state index in [4.69, 9.17) is 18.5 Å². The molecule has 0 radical (unpaired) electrons. The highest BCUT2D eigenvalue weighted by Gasteiger charge is 2.40. The number of fused-ring (bicyclic) bond motifs is 1. The van der Waals surface area contributed by atoms with Crippen molar-refractivity contribution in [3.8, 4) is 5.75 Å². The van der Waals surface area contributed by atoms with E-state index in [0.717, 1.165) is 21.6 Å². The van der Waals surface area contributed by atoms with Crippen LogP contribution in [0.3, 0.4) is 0 Å². The van der Waals surface area contributed by atoms with E-state index in [2.05, 4.69) is 14.8 Å². The molecule has 5 atom stereocenters. The fourth-order valence-electron chi connectivity index (χ4n) is 4.91. The minimum absolute atomic E-state index is 0.00512. The SMILES string of the molecule is COC(=O)/C=C/c1cn([C@H]2C[C@H](O)[C@@H](CO[P@@](=O)(N[C@@H](C)C(=O)OCc3ccccc3)Oc3cccc4ccccc34)O2)c(=O)[nH]c1=O. The van der Waals surface area contributed by atoms with Crippen molar-refractivity contribution in [2.75, 3.05) is 13.7 Å². The van der Waals surface area contributed by atoms with Crippen LogP contribution < -0.4 is 20.9 Å². The highest BCUT2D eigenvalue weighted by molar-refractivity contribution is 7.52. The number of benzene rings is 3. The molecule has 4 aromatic rings. The van der Waals surface area contributed by atoms with E-state index < -0.39 is 62.0 Å². The Kier molecular flexibility index (Phi) is 11.0. The molecule has 5 rings (SSSR count). The molecule has 1 aromatic heterocycles. The number of aliphatic hydroxyl groups is 1. The molecule has 252 valence electrons. The number of ether oxygens (including phenoxy) is 3. The van der Waals surface area contributed by atoms with Gasteiger partial charge in [0.1, 0.15) is 30.7 Å². The van der Waals surface area contributed by atoms with Crippen LogP contribution in [0.1, 0.15) is 30.7 Å². The summed E-state index contributed by atoms with van der Waals surface area (Å²) in [5, 5.41) is 14.9. The summed E-state index contributed by atoms with van der Waals surface area (Å²) in [4.78, 5) is 51.4. The number of nitrogens with one attached hydrogen (secondary N) is 2. The van der Waals surface area contributed by atoms with Gasteiger partial charge in [-0.05, 0) is 30.0 Å². The minimum atomic E-state index is -4.38. The van der Waals surface area contributed by atoms with E-state index >= 15 is 0 Å². The van der Waals surface area contributed by atoms with Gasteiger partial charge in [-0.3, -0.25) is 23.7 Å². The Balaban J connectivity index is 1.33. The third-order valence-corrected chi connectivity index (χ3v) is 9.05. The molecule has 0 aliphatic carbocycles. The number of aliphatic hydroxyl groups excluding tert-OH is 1. The van der Waals surface area contributed by atoms with Gasteiger partial charge in [0.2, 0.25) is 0 Å². The normalized spacial score (nSPS) is 19.5. The van der Waals surface area contributed by atoms with Gasteiger partial charge >= 0.3 is 25.4 Å². The van der Waals surface area contributed by atoms with E-state index in [0.29, 0.717) is 5.39 Å². The number of rotatable bonds is 13. The summed E-state index contributed by atoms with van der Waals surface area (Å²) >= 11 is 0. The quantitative estimate of drug-likeness (QED) is 0.106. The number of carbonyl (C=O) groups is 2. The number of methoxy groups -OCH3 is 1. The van der Waals surface area contributed by atoms with E-state index in [-0.39, 0.29) is 24.3 Å². The molecule has 15 heteroatoms. The van der Waals surface area contributed by atoms with Crippen molar-refractivity contribution < 1.29 is 42.5 Å². The predicted octanol–water partition coefficient (Wildman–Crippen LogP) is 3.45. The van der Waals surface area contributed by atoms with Crippen LogP contribution in [-0.4, -0.2) is 58.6 Å². The number of H-pyrrole nitrogens is 1. The molecule has 0 spiro atoms. The number of nitrogens with zero attached hydrogens (tertiary/aromatic N) is 1. The first-order valence-corrected chi connectivity index (χ1v) is 16.4. The number of hydrogen-bond donors (Lipinski definition) is 3. The molecular weight excluding hydrogens is 645 g/mol. The van der Waals surface area contributed by atoms with Crippen molar-refractivity contribution >= 4 is 36.5 Å². The summed E-state index contributed by atoms with van der Waals surface area (Å²) in [5.41, 5.74) is -0.838. The summed E-state index contributed by atoms with van der Waals surface area (Å²) < 4.78 is 42.9. The van der Waals surface area contributed by atoms with E-state index in [1.165, 1.54) is 26.3 Å². The molecule has 0 unspecified atom stereocenters. The zero-order valence-corrected chi connectivity index (χ0v) is 26.9. The first kappa shape index (κ1) is 34.5. The Morgan fingerprint density at radius 3 is 2.60 bits per heavy atom. The van der Waals surface area contributed by atoms with Gasteiger partial charge in [-0.15, -0.1) is 0 Å². The Bertz CT molecular complexity index is 1950. The zero-order valence-electron chi connectivity index (χ0n) is 26.0. The minimum Gasteiger partial charge on any atom is -0.466 e. The van der Waals surface area contributed by atoms with Gasteiger partial charge in [0.15, 0.2) is 0 Å². The molecule has 48 heavy (non-hydrogen) atoms. The summed E-state index contributed by atoms with van der Waals surface area (Å²) in [6.45, 7) is 0.960. The van der Waals surface area contributed by atoms with Crippen molar-refractivity contribution in [3.05, 3.63) is 117 Å². The van der Waals surface area contributed by atoms with Gasteiger partial charge in [0, 0.05) is 24.1 Å². The van der Waals surface area contributed by atoms with Crippen LogP contribution in [0.25, 0.3) is 16.8 Å². The largest absolute Gasteiger partial charge is 0.466 e. The number of hydrogen-bond acceptors (Lipinski definition) is 11. The predicted molar refractivity (Wildman–Crippen MR) is 174 cm³/mol. The molecule has 1 aliphatic rings. The van der Waals surface area contributed by atoms with E-state index in [9.17, 15) is 28.8 Å². The van der Waals surface area contributed by atoms with Gasteiger partial charge in [-0.1, -0.05) is 66.7 Å². The highest BCUT2D eigenvalue weighted by Crippen LogP contribution is 2.47. The van der Waals surface area contributed by atoms with Gasteiger partial charge < -0.3 is 23.8 Å². The molecule has 0 saturated carbocycles. The van der Waals surface area contributed by atoms with E-state index in [1.807, 2.05) is 36.4 Å². The Labute approximate surface area is 274 Å². The average molecular weight is 680 g/mol. The van der Waals surface area contributed by atoms with Gasteiger partial charge in [0.05, 0.1) is 25.4 Å². The molecule has 0 bridgehead atoms. The van der Waals surface area contributed by atoms with Gasteiger partial charge in [-0.25, -0.2) is 14.2 Å². The maximum absolute atomic E-state index is 14.3. The van der Waals surface area contributed by atoms with Crippen molar-refractivity contribution in [2.45, 2.75) is 44.4 Å². The zero-order chi connectivity index (χ0) is 34.3. The molecule has 3 aromatic carbocycles. The molecule has 0 amide bonds. The first-order chi connectivity index (χ1) is 23.0. The van der Waals surface area contributed by atoms with Gasteiger partial charge in [-0.2, -0.15) is 5.09 Å². The summed E-state index contributed by atoms with van der Waals surface area (Å²) in [6.07, 6.45) is -0.0764. The van der Waals surface area contributed by atoms with Crippen molar-refractivity contribution in [1.29, 1.82) is 0 Å². The second-order valence-electron chi connectivity index (χ2n) is 10.8. The summed E-state index contributed by atoms with van der Waals surface area (Å²) in [6, 6.07) is 20.3. The van der Waals surface area contributed by atoms with Crippen molar-refractivity contribution in [3.63, 3.8) is 0 Å². The Hall–Kier alpha value is -4.85. The second-order valence-corrected chi connectivity index (χ2v) is 12.5. The standard InChI is InChI=1S/C33H34N3O11P/c1-21(32(40)44-19-22-9-4-3-5-10-22)35-48(42,47-27-14-8-12-23-11-6-7-13-25(23)27)45-20-28-26(37)17-29(46-28)36-18-24(15-16-30(38)43-2)31(39)34-33(36)41/h3-16,18,21,26,28-29,37H,17,19-20H2,1-2H3,(H,35,42)(H,34,39,41)/b16-15+/t21-,26-,28+,29+,48-/m0/s1. The Morgan fingerprint density at radius 2 is 1.83 bits per heavy atom. The molecule has 3 N–H and O–H groups in total. The lowest BCUT2D eigenvalue weighted by Crippen LogP contribution is -2.36. The number of carbonyl (C=O) groups excluding carboxylic acids is 2. The lowest BCUT2D eigenvalue weighted by molar-refractivity contribution is -0.146. The lowest BCUT2D eigenvalue weighted by Gasteiger charge is -2.25. The first-order valence-electron chi connectivity index (χ1n) is 14.9. The van der Waals surface area contributed by atoms with E-state index in [1.54, 1.807) is 36.4 Å². The summed E-state index contributed by atoms with van der Waals surface area (Å²) in [7, 11) is -3.20. The highest BCUT2D eigenvalue weighted by atomic mass is 31.2. The maximum atomic E-state index is 14.3. The van der Waals surface area contributed by atoms with Crippen LogP contribution in [0.2, 0.25) is 0 Å². The number of aromatic nitrogens is 2. The monoisotopic (exact) mass is 679 g/mol. The third kappa shape index (κ3) is 8.54. The van der Waals surface area contributed by atoms with Crippen LogP contribution >= 0.6 is 7.75 Å². The Morgan fingerprint density at radius 1 is 1.10 bits per heavy atom. The van der Waals surface area contributed by atoms with Crippen LogP contribution in [0.4, 0.5) is 0 Å². The van der Waals surface area contributed by atoms with Crippen molar-refractivity contribution in [2.24, 2.45) is 0 Å². The number of aromatic amines is 1. The van der Waals surface area contributed by atoms with Crippen LogP contribution in [0.5, 0.6) is 5.75 Å². The van der Waals surface area contributed by atoms with Crippen molar-refractivity contribution in [1.82, 2.24) is 14.6 Å². The second kappa shape index (κ2) is 15.4. The van der Waals surface area contributed by atoms with Gasteiger partial charge in [0.25, 0.3) is 5.56 Å².